The van der Waals surface area contributed by atoms with Crippen LogP contribution >= 0.6 is 0 Å². The lowest BCUT2D eigenvalue weighted by atomic mass is 10.1. The summed E-state index contributed by atoms with van der Waals surface area (Å²) in [4.78, 5) is 23.6. The van der Waals surface area contributed by atoms with Crippen LogP contribution in [0.1, 0.15) is 34.5 Å². The van der Waals surface area contributed by atoms with Gasteiger partial charge in [0.05, 0.1) is 12.1 Å². The fourth-order valence-electron chi connectivity index (χ4n) is 2.87. The first-order chi connectivity index (χ1) is 11.0. The molecule has 2 unspecified atom stereocenters. The maximum absolute atomic E-state index is 12.2. The molecule has 0 heterocycles. The number of hydrogen-bond acceptors (Lipinski definition) is 3. The van der Waals surface area contributed by atoms with Crippen LogP contribution in [-0.4, -0.2) is 23.0 Å². The first-order valence-electron chi connectivity index (χ1n) is 7.49. The summed E-state index contributed by atoms with van der Waals surface area (Å²) in [5.74, 6) is -0.0609. The Morgan fingerprint density at radius 1 is 1.13 bits per heavy atom. The van der Waals surface area contributed by atoms with Gasteiger partial charge < -0.3 is 15.7 Å². The number of aliphatic hydroxyl groups is 1. The maximum atomic E-state index is 12.2. The number of carbonyl (C=O) groups excluding carboxylic acids is 2. The molecule has 3 rings (SSSR count). The van der Waals surface area contributed by atoms with Gasteiger partial charge in [-0.1, -0.05) is 36.4 Å². The predicted octanol–water partition coefficient (Wildman–Crippen LogP) is 2.67. The van der Waals surface area contributed by atoms with E-state index in [9.17, 15) is 14.7 Å². The summed E-state index contributed by atoms with van der Waals surface area (Å²) in [5, 5.41) is 15.7. The van der Waals surface area contributed by atoms with E-state index in [4.69, 9.17) is 0 Å². The number of Topliss-reactive ketones (excluding diaryl/α,β-unsaturated/α-hetero) is 1. The van der Waals surface area contributed by atoms with E-state index in [1.54, 1.807) is 24.3 Å². The number of ketones is 1. The molecule has 1 aliphatic carbocycles. The molecule has 0 saturated heterocycles. The number of urea groups is 1. The zero-order valence-electron chi connectivity index (χ0n) is 12.7. The molecule has 2 atom stereocenters. The van der Waals surface area contributed by atoms with Gasteiger partial charge in [-0.25, -0.2) is 4.79 Å². The van der Waals surface area contributed by atoms with Gasteiger partial charge in [0.2, 0.25) is 0 Å². The molecule has 0 aromatic heterocycles. The van der Waals surface area contributed by atoms with Crippen LogP contribution in [0.15, 0.2) is 48.5 Å². The number of rotatable bonds is 3. The number of amides is 2. The van der Waals surface area contributed by atoms with Crippen LogP contribution in [-0.2, 0) is 6.42 Å². The fraction of sp³-hybridized carbons (Fsp3) is 0.222. The van der Waals surface area contributed by atoms with E-state index in [0.717, 1.165) is 11.1 Å². The number of anilines is 1. The van der Waals surface area contributed by atoms with E-state index < -0.39 is 18.2 Å². The van der Waals surface area contributed by atoms with Crippen molar-refractivity contribution >= 4 is 17.5 Å². The summed E-state index contributed by atoms with van der Waals surface area (Å²) >= 11 is 0. The van der Waals surface area contributed by atoms with Crippen LogP contribution in [0.25, 0.3) is 0 Å². The Labute approximate surface area is 134 Å². The summed E-state index contributed by atoms with van der Waals surface area (Å²) in [6.07, 6.45) is -0.109. The molecule has 2 aromatic rings. The molecule has 118 valence electrons. The van der Waals surface area contributed by atoms with E-state index in [-0.39, 0.29) is 5.78 Å². The molecule has 2 amide bonds. The third-order valence-corrected chi connectivity index (χ3v) is 4.02. The van der Waals surface area contributed by atoms with E-state index in [1.807, 2.05) is 24.3 Å². The van der Waals surface area contributed by atoms with Crippen molar-refractivity contribution in [3.8, 4) is 0 Å². The Balaban J connectivity index is 1.71. The minimum atomic E-state index is -0.637. The van der Waals surface area contributed by atoms with Crippen molar-refractivity contribution in [2.45, 2.75) is 25.5 Å². The molecule has 0 fully saturated rings. The molecule has 2 aromatic carbocycles. The minimum absolute atomic E-state index is 0.0609. The lowest BCUT2D eigenvalue weighted by Crippen LogP contribution is -2.36. The summed E-state index contributed by atoms with van der Waals surface area (Å²) in [7, 11) is 0. The van der Waals surface area contributed by atoms with Crippen LogP contribution in [0, 0.1) is 0 Å². The van der Waals surface area contributed by atoms with Crippen molar-refractivity contribution in [2.75, 3.05) is 5.32 Å². The molecule has 3 N–H and O–H groups in total. The first kappa shape index (κ1) is 15.2. The van der Waals surface area contributed by atoms with Gasteiger partial charge in [-0.15, -0.1) is 0 Å². The second kappa shape index (κ2) is 6.22. The second-order valence-electron chi connectivity index (χ2n) is 5.68. The van der Waals surface area contributed by atoms with Gasteiger partial charge in [-0.2, -0.15) is 0 Å². The normalized spacial score (nSPS) is 19.0. The molecule has 0 bridgehead atoms. The Bertz CT molecular complexity index is 757. The summed E-state index contributed by atoms with van der Waals surface area (Å²) in [5.41, 5.74) is 3.06. The zero-order valence-corrected chi connectivity index (χ0v) is 12.7. The lowest BCUT2D eigenvalue weighted by molar-refractivity contribution is 0.101. The highest BCUT2D eigenvalue weighted by Gasteiger charge is 2.31. The molecular weight excluding hydrogens is 292 g/mol. The van der Waals surface area contributed by atoms with Crippen LogP contribution in [0.2, 0.25) is 0 Å². The molecule has 1 aliphatic rings. The van der Waals surface area contributed by atoms with Crippen LogP contribution in [0.3, 0.4) is 0 Å². The highest BCUT2D eigenvalue weighted by atomic mass is 16.3. The van der Waals surface area contributed by atoms with Gasteiger partial charge in [-0.05, 0) is 30.2 Å². The number of aliphatic hydroxyl groups excluding tert-OH is 1. The molecule has 0 radical (unpaired) electrons. The SMILES string of the molecule is CC(=O)c1cccc(NC(=O)NC2c3ccccc3CC2O)c1. The Kier molecular flexibility index (Phi) is 4.12. The van der Waals surface area contributed by atoms with E-state index in [2.05, 4.69) is 10.6 Å². The van der Waals surface area contributed by atoms with Gasteiger partial charge in [0.1, 0.15) is 0 Å². The summed E-state index contributed by atoms with van der Waals surface area (Å²) in [6, 6.07) is 13.6. The Morgan fingerprint density at radius 3 is 2.70 bits per heavy atom. The summed E-state index contributed by atoms with van der Waals surface area (Å²) in [6.45, 7) is 1.48. The number of nitrogens with one attached hydrogen (secondary N) is 2. The van der Waals surface area contributed by atoms with E-state index in [1.165, 1.54) is 6.92 Å². The summed E-state index contributed by atoms with van der Waals surface area (Å²) < 4.78 is 0. The van der Waals surface area contributed by atoms with E-state index in [0.29, 0.717) is 17.7 Å². The van der Waals surface area contributed by atoms with E-state index >= 15 is 0 Å². The molecule has 0 aliphatic heterocycles. The number of fused-ring (bicyclic) bond motifs is 1. The van der Waals surface area contributed by atoms with Gasteiger partial charge in [0, 0.05) is 17.7 Å². The molecule has 5 nitrogen and oxygen atoms in total. The minimum Gasteiger partial charge on any atom is -0.390 e. The highest BCUT2D eigenvalue weighted by molar-refractivity contribution is 5.96. The van der Waals surface area contributed by atoms with Crippen molar-refractivity contribution < 1.29 is 14.7 Å². The van der Waals surface area contributed by atoms with Gasteiger partial charge in [-0.3, -0.25) is 4.79 Å². The molecule has 0 spiro atoms. The molecule has 5 heteroatoms. The van der Waals surface area contributed by atoms with Crippen molar-refractivity contribution in [3.05, 3.63) is 65.2 Å². The van der Waals surface area contributed by atoms with Crippen molar-refractivity contribution in [2.24, 2.45) is 0 Å². The second-order valence-corrected chi connectivity index (χ2v) is 5.68. The number of benzene rings is 2. The zero-order chi connectivity index (χ0) is 16.4. The average molecular weight is 310 g/mol. The predicted molar refractivity (Wildman–Crippen MR) is 87.5 cm³/mol. The number of hydrogen-bond donors (Lipinski definition) is 3. The Morgan fingerprint density at radius 2 is 1.91 bits per heavy atom. The van der Waals surface area contributed by atoms with Crippen LogP contribution < -0.4 is 10.6 Å². The average Bonchev–Trinajstić information content (AvgIpc) is 2.83. The topological polar surface area (TPSA) is 78.4 Å². The van der Waals surface area contributed by atoms with Crippen molar-refractivity contribution in [1.82, 2.24) is 5.32 Å². The number of carbonyl (C=O) groups is 2. The van der Waals surface area contributed by atoms with Gasteiger partial charge >= 0.3 is 6.03 Å². The third-order valence-electron chi connectivity index (χ3n) is 4.02. The Hall–Kier alpha value is -2.66. The third kappa shape index (κ3) is 3.24. The standard InChI is InChI=1S/C18H18N2O3/c1-11(21)12-6-4-7-14(9-12)19-18(23)20-17-15-8-3-2-5-13(15)10-16(17)22/h2-9,16-17,22H,10H2,1H3,(H2,19,20,23). The smallest absolute Gasteiger partial charge is 0.319 e. The molecule has 0 saturated carbocycles. The first-order valence-corrected chi connectivity index (χ1v) is 7.49. The van der Waals surface area contributed by atoms with Crippen LogP contribution in [0.4, 0.5) is 10.5 Å². The van der Waals surface area contributed by atoms with Crippen LogP contribution in [0.5, 0.6) is 0 Å². The lowest BCUT2D eigenvalue weighted by Gasteiger charge is -2.18. The fourth-order valence-corrected chi connectivity index (χ4v) is 2.87. The largest absolute Gasteiger partial charge is 0.390 e. The monoisotopic (exact) mass is 310 g/mol. The van der Waals surface area contributed by atoms with Gasteiger partial charge in [0.15, 0.2) is 5.78 Å². The van der Waals surface area contributed by atoms with Crippen molar-refractivity contribution in [3.63, 3.8) is 0 Å². The molecular formula is C18H18N2O3. The highest BCUT2D eigenvalue weighted by Crippen LogP contribution is 2.31. The van der Waals surface area contributed by atoms with Gasteiger partial charge in [0.25, 0.3) is 0 Å². The quantitative estimate of drug-likeness (QED) is 0.763. The maximum Gasteiger partial charge on any atom is 0.319 e. The van der Waals surface area contributed by atoms with Crippen molar-refractivity contribution in [1.29, 1.82) is 0 Å². The molecule has 23 heavy (non-hydrogen) atoms.